The zero-order valence-corrected chi connectivity index (χ0v) is 6.43. The summed E-state index contributed by atoms with van der Waals surface area (Å²) < 4.78 is 4.99. The maximum Gasteiger partial charge on any atom is 0.309 e. The maximum absolute atomic E-state index is 10.7. The maximum atomic E-state index is 10.7. The van der Waals surface area contributed by atoms with Gasteiger partial charge in [-0.25, -0.2) is 0 Å². The number of hydrogen-bond donors (Lipinski definition) is 0. The Morgan fingerprint density at radius 3 is 2.67 bits per heavy atom. The first kappa shape index (κ1) is 5.71. The monoisotopic (exact) mass is 190 g/mol. The molecule has 2 nitrogen and oxygen atoms in total. The van der Waals surface area contributed by atoms with Crippen molar-refractivity contribution in [2.75, 3.05) is 0 Å². The van der Waals surface area contributed by atoms with E-state index in [2.05, 4.69) is 15.9 Å². The van der Waals surface area contributed by atoms with Crippen LogP contribution in [0.15, 0.2) is 0 Å². The zero-order valence-electron chi connectivity index (χ0n) is 4.84. The van der Waals surface area contributed by atoms with Crippen LogP contribution >= 0.6 is 15.9 Å². The number of carbonyl (C=O) groups is 1. The fourth-order valence-electron chi connectivity index (χ4n) is 1.51. The molecule has 50 valence electrons. The van der Waals surface area contributed by atoms with Crippen LogP contribution in [0.3, 0.4) is 0 Å². The first-order valence-electron chi connectivity index (χ1n) is 3.12. The molecule has 0 spiro atoms. The van der Waals surface area contributed by atoms with Crippen molar-refractivity contribution < 1.29 is 9.53 Å². The van der Waals surface area contributed by atoms with E-state index in [1.165, 1.54) is 0 Å². The van der Waals surface area contributed by atoms with Gasteiger partial charge >= 0.3 is 5.97 Å². The third kappa shape index (κ3) is 0.707. The van der Waals surface area contributed by atoms with Crippen molar-refractivity contribution in [1.29, 1.82) is 0 Å². The molecule has 0 N–H and O–H groups in total. The van der Waals surface area contributed by atoms with Gasteiger partial charge in [0.25, 0.3) is 0 Å². The molecule has 1 aliphatic carbocycles. The van der Waals surface area contributed by atoms with Crippen molar-refractivity contribution in [1.82, 2.24) is 0 Å². The minimum Gasteiger partial charge on any atom is -0.461 e. The molecule has 0 radical (unpaired) electrons. The molecule has 1 saturated carbocycles. The van der Waals surface area contributed by atoms with Gasteiger partial charge in [0.05, 0.1) is 10.7 Å². The summed E-state index contributed by atoms with van der Waals surface area (Å²) >= 11 is 3.45. The standard InChI is InChI=1S/C6H7BrO2/c7-4-1-3-2-5(4)9-6(3)8/h3-5H,1-2H2/t3-,4+,5-/m0/s1. The Morgan fingerprint density at radius 2 is 2.33 bits per heavy atom. The predicted molar refractivity (Wildman–Crippen MR) is 35.3 cm³/mol. The highest BCUT2D eigenvalue weighted by Gasteiger charge is 2.46. The number of rotatable bonds is 0. The first-order valence-corrected chi connectivity index (χ1v) is 4.03. The second kappa shape index (κ2) is 1.72. The van der Waals surface area contributed by atoms with Crippen molar-refractivity contribution in [3.05, 3.63) is 0 Å². The van der Waals surface area contributed by atoms with Crippen LogP contribution in [0.5, 0.6) is 0 Å². The SMILES string of the molecule is O=C1O[C@H]2C[C@@H]1C[C@H]2Br. The summed E-state index contributed by atoms with van der Waals surface area (Å²) in [6.45, 7) is 0. The van der Waals surface area contributed by atoms with E-state index in [0.29, 0.717) is 4.83 Å². The largest absolute Gasteiger partial charge is 0.461 e. The third-order valence-corrected chi connectivity index (χ3v) is 2.99. The Labute approximate surface area is 61.7 Å². The molecule has 0 aromatic heterocycles. The third-order valence-electron chi connectivity index (χ3n) is 2.03. The fourth-order valence-corrected chi connectivity index (χ4v) is 2.28. The van der Waals surface area contributed by atoms with Crippen LogP contribution in [0, 0.1) is 5.92 Å². The van der Waals surface area contributed by atoms with Gasteiger partial charge in [-0.3, -0.25) is 4.79 Å². The summed E-state index contributed by atoms with van der Waals surface area (Å²) in [7, 11) is 0. The van der Waals surface area contributed by atoms with Gasteiger partial charge in [-0.15, -0.1) is 0 Å². The molecule has 0 aromatic rings. The summed E-state index contributed by atoms with van der Waals surface area (Å²) in [6, 6.07) is 0. The lowest BCUT2D eigenvalue weighted by Gasteiger charge is -2.14. The quantitative estimate of drug-likeness (QED) is 0.423. The predicted octanol–water partition coefficient (Wildman–Crippen LogP) is 1.09. The van der Waals surface area contributed by atoms with Gasteiger partial charge < -0.3 is 4.74 Å². The van der Waals surface area contributed by atoms with Gasteiger partial charge in [-0.1, -0.05) is 15.9 Å². The van der Waals surface area contributed by atoms with E-state index in [-0.39, 0.29) is 18.0 Å². The Morgan fingerprint density at radius 1 is 1.56 bits per heavy atom. The Hall–Kier alpha value is -0.0500. The Balaban J connectivity index is 2.19. The van der Waals surface area contributed by atoms with Gasteiger partial charge in [0.15, 0.2) is 0 Å². The minimum absolute atomic E-state index is 0.00991. The van der Waals surface area contributed by atoms with E-state index >= 15 is 0 Å². The lowest BCUT2D eigenvalue weighted by molar-refractivity contribution is -0.147. The number of ether oxygens (including phenoxy) is 1. The zero-order chi connectivity index (χ0) is 6.43. The first-order chi connectivity index (χ1) is 4.27. The highest BCUT2D eigenvalue weighted by Crippen LogP contribution is 2.39. The van der Waals surface area contributed by atoms with Crippen molar-refractivity contribution in [2.45, 2.75) is 23.8 Å². The molecule has 0 amide bonds. The second-order valence-electron chi connectivity index (χ2n) is 2.66. The van der Waals surface area contributed by atoms with E-state index in [0.717, 1.165) is 12.8 Å². The molecule has 2 rings (SSSR count). The summed E-state index contributed by atoms with van der Waals surface area (Å²) in [4.78, 5) is 11.2. The Kier molecular flexibility index (Phi) is 1.09. The highest BCUT2D eigenvalue weighted by atomic mass is 79.9. The fraction of sp³-hybridized carbons (Fsp3) is 0.833. The molecule has 0 unspecified atom stereocenters. The molecular formula is C6H7BrO2. The molecule has 2 fully saturated rings. The second-order valence-corrected chi connectivity index (χ2v) is 3.84. The van der Waals surface area contributed by atoms with Gasteiger partial charge in [-0.05, 0) is 12.8 Å². The number of hydrogen-bond acceptors (Lipinski definition) is 2. The number of carbonyl (C=O) groups excluding carboxylic acids is 1. The molecule has 2 aliphatic rings. The summed E-state index contributed by atoms with van der Waals surface area (Å²) in [6.07, 6.45) is 2.10. The van der Waals surface area contributed by atoms with Crippen LogP contribution in [-0.2, 0) is 9.53 Å². The Bertz CT molecular complexity index is 155. The van der Waals surface area contributed by atoms with E-state index in [1.807, 2.05) is 0 Å². The summed E-state index contributed by atoms with van der Waals surface area (Å²) in [5.74, 6) is 0.218. The molecule has 3 heteroatoms. The van der Waals surface area contributed by atoms with Gasteiger partial charge in [0.2, 0.25) is 0 Å². The normalized spacial score (nSPS) is 47.7. The topological polar surface area (TPSA) is 26.3 Å². The number of alkyl halides is 1. The molecule has 1 aliphatic heterocycles. The van der Waals surface area contributed by atoms with Crippen LogP contribution in [0.4, 0.5) is 0 Å². The molecule has 3 atom stereocenters. The molecule has 9 heavy (non-hydrogen) atoms. The van der Waals surface area contributed by atoms with E-state index in [4.69, 9.17) is 4.74 Å². The molecule has 0 aromatic carbocycles. The van der Waals surface area contributed by atoms with Crippen LogP contribution < -0.4 is 0 Å². The number of esters is 1. The smallest absolute Gasteiger partial charge is 0.309 e. The van der Waals surface area contributed by atoms with Crippen molar-refractivity contribution in [3.63, 3.8) is 0 Å². The van der Waals surface area contributed by atoms with Crippen LogP contribution in [-0.4, -0.2) is 16.9 Å². The molecule has 1 heterocycles. The van der Waals surface area contributed by atoms with E-state index in [9.17, 15) is 4.79 Å². The number of halogens is 1. The summed E-state index contributed by atoms with van der Waals surface area (Å²) in [5, 5.41) is 0. The molecule has 1 saturated heterocycles. The van der Waals surface area contributed by atoms with Crippen molar-refractivity contribution in [2.24, 2.45) is 5.92 Å². The lowest BCUT2D eigenvalue weighted by Crippen LogP contribution is -2.23. The van der Waals surface area contributed by atoms with Crippen molar-refractivity contribution >= 4 is 21.9 Å². The highest BCUT2D eigenvalue weighted by molar-refractivity contribution is 9.09. The molecular weight excluding hydrogens is 184 g/mol. The minimum atomic E-state index is 0.00991. The molecule has 2 bridgehead atoms. The van der Waals surface area contributed by atoms with Crippen LogP contribution in [0.1, 0.15) is 12.8 Å². The van der Waals surface area contributed by atoms with E-state index < -0.39 is 0 Å². The van der Waals surface area contributed by atoms with Gasteiger partial charge in [0.1, 0.15) is 6.10 Å². The summed E-state index contributed by atoms with van der Waals surface area (Å²) in [5.41, 5.74) is 0. The number of fused-ring (bicyclic) bond motifs is 2. The van der Waals surface area contributed by atoms with E-state index in [1.54, 1.807) is 0 Å². The average molecular weight is 191 g/mol. The van der Waals surface area contributed by atoms with Crippen LogP contribution in [0.2, 0.25) is 0 Å². The van der Waals surface area contributed by atoms with Crippen molar-refractivity contribution in [3.8, 4) is 0 Å². The van der Waals surface area contributed by atoms with Crippen LogP contribution in [0.25, 0.3) is 0 Å². The lowest BCUT2D eigenvalue weighted by atomic mass is 10.1. The van der Waals surface area contributed by atoms with Gasteiger partial charge in [-0.2, -0.15) is 0 Å². The van der Waals surface area contributed by atoms with Gasteiger partial charge in [0, 0.05) is 0 Å². The average Bonchev–Trinajstić information content (AvgIpc) is 2.24.